The molecule has 104 valence electrons. The maximum Gasteiger partial charge on any atom is 0.303 e. The van der Waals surface area contributed by atoms with E-state index in [2.05, 4.69) is 24.1 Å². The van der Waals surface area contributed by atoms with Gasteiger partial charge in [-0.15, -0.1) is 0 Å². The average Bonchev–Trinajstić information content (AvgIpc) is 2.56. The normalized spacial score (nSPS) is 14.7. The molecule has 1 aliphatic heterocycles. The molecule has 0 atom stereocenters. The molecule has 0 aliphatic carbocycles. The van der Waals surface area contributed by atoms with Crippen molar-refractivity contribution in [3.05, 3.63) is 23.8 Å². The third-order valence-corrected chi connectivity index (χ3v) is 3.46. The molecule has 19 heavy (non-hydrogen) atoms. The van der Waals surface area contributed by atoms with Crippen LogP contribution in [-0.2, 0) is 11.2 Å². The first-order chi connectivity index (χ1) is 9.16. The molecule has 2 rings (SSSR count). The highest BCUT2D eigenvalue weighted by Gasteiger charge is 2.12. The molecule has 4 heteroatoms. The lowest BCUT2D eigenvalue weighted by molar-refractivity contribution is -0.137. The Morgan fingerprint density at radius 1 is 1.42 bits per heavy atom. The van der Waals surface area contributed by atoms with Crippen molar-refractivity contribution >= 4 is 11.7 Å². The Hall–Kier alpha value is -1.71. The minimum absolute atomic E-state index is 0.160. The molecule has 0 aromatic heterocycles. The maximum absolute atomic E-state index is 10.4. The molecule has 0 bridgehead atoms. The number of carbonyl (C=O) groups is 1. The monoisotopic (exact) mass is 263 g/mol. The predicted octanol–water partition coefficient (Wildman–Crippen LogP) is 2.70. The van der Waals surface area contributed by atoms with Gasteiger partial charge >= 0.3 is 5.97 Å². The zero-order valence-corrected chi connectivity index (χ0v) is 11.4. The van der Waals surface area contributed by atoms with Crippen LogP contribution in [0.4, 0.5) is 5.69 Å². The van der Waals surface area contributed by atoms with Crippen molar-refractivity contribution in [1.29, 1.82) is 0 Å². The smallest absolute Gasteiger partial charge is 0.303 e. The van der Waals surface area contributed by atoms with Crippen LogP contribution in [0.1, 0.15) is 31.2 Å². The lowest BCUT2D eigenvalue weighted by Gasteiger charge is -2.19. The number of benzene rings is 1. The summed E-state index contributed by atoms with van der Waals surface area (Å²) in [6.45, 7) is 1.56. The summed E-state index contributed by atoms with van der Waals surface area (Å²) < 4.78 is 5.62. The van der Waals surface area contributed by atoms with E-state index in [1.165, 1.54) is 24.1 Å². The molecule has 1 heterocycles. The van der Waals surface area contributed by atoms with Crippen molar-refractivity contribution in [2.75, 3.05) is 25.1 Å². The van der Waals surface area contributed by atoms with Gasteiger partial charge in [0.1, 0.15) is 5.75 Å². The molecule has 4 nitrogen and oxygen atoms in total. The summed E-state index contributed by atoms with van der Waals surface area (Å²) in [5.41, 5.74) is 2.62. The molecule has 1 aromatic carbocycles. The summed E-state index contributed by atoms with van der Waals surface area (Å²) in [5.74, 6) is 0.0755. The van der Waals surface area contributed by atoms with Crippen molar-refractivity contribution in [1.82, 2.24) is 0 Å². The minimum Gasteiger partial charge on any atom is -0.494 e. The second-order valence-electron chi connectivity index (χ2n) is 5.01. The van der Waals surface area contributed by atoms with E-state index >= 15 is 0 Å². The Labute approximate surface area is 114 Å². The Bertz CT molecular complexity index is 445. The van der Waals surface area contributed by atoms with Crippen LogP contribution in [-0.4, -0.2) is 31.3 Å². The number of aliphatic carboxylic acids is 1. The molecule has 0 fully saturated rings. The number of ether oxygens (including phenoxy) is 1. The number of carboxylic acids is 1. The molecular formula is C15H21NO3. The Morgan fingerprint density at radius 3 is 3.05 bits per heavy atom. The van der Waals surface area contributed by atoms with Gasteiger partial charge in [0.05, 0.1) is 6.61 Å². The third-order valence-electron chi connectivity index (χ3n) is 3.46. The van der Waals surface area contributed by atoms with Crippen molar-refractivity contribution < 1.29 is 14.6 Å². The van der Waals surface area contributed by atoms with Crippen LogP contribution < -0.4 is 9.64 Å². The fourth-order valence-electron chi connectivity index (χ4n) is 2.42. The number of anilines is 1. The summed E-state index contributed by atoms with van der Waals surface area (Å²) in [6.07, 6.45) is 4.23. The van der Waals surface area contributed by atoms with E-state index in [4.69, 9.17) is 9.84 Å². The molecule has 1 aromatic rings. The van der Waals surface area contributed by atoms with E-state index in [9.17, 15) is 4.79 Å². The first kappa shape index (κ1) is 13.7. The Balaban J connectivity index is 1.96. The first-order valence-electron chi connectivity index (χ1n) is 6.85. The summed E-state index contributed by atoms with van der Waals surface area (Å²) in [6, 6.07) is 6.17. The van der Waals surface area contributed by atoms with Crippen molar-refractivity contribution in [2.24, 2.45) is 0 Å². The fraction of sp³-hybridized carbons (Fsp3) is 0.533. The molecule has 0 spiro atoms. The minimum atomic E-state index is -0.771. The van der Waals surface area contributed by atoms with Crippen molar-refractivity contribution in [2.45, 2.75) is 32.1 Å². The van der Waals surface area contributed by atoms with E-state index in [0.717, 1.165) is 18.7 Å². The van der Waals surface area contributed by atoms with Crippen LogP contribution in [0.25, 0.3) is 0 Å². The highest BCUT2D eigenvalue weighted by Crippen LogP contribution is 2.29. The number of carboxylic acid groups (broad SMARTS) is 1. The number of nitrogens with zero attached hydrogens (tertiary/aromatic N) is 1. The molecule has 1 N–H and O–H groups in total. The largest absolute Gasteiger partial charge is 0.494 e. The Kier molecular flexibility index (Phi) is 4.66. The second-order valence-corrected chi connectivity index (χ2v) is 5.01. The van der Waals surface area contributed by atoms with Gasteiger partial charge < -0.3 is 14.7 Å². The zero-order chi connectivity index (χ0) is 13.7. The molecule has 0 saturated carbocycles. The molecule has 1 aliphatic rings. The maximum atomic E-state index is 10.4. The van der Waals surface area contributed by atoms with Gasteiger partial charge in [-0.3, -0.25) is 4.79 Å². The number of aryl methyl sites for hydroxylation is 1. The van der Waals surface area contributed by atoms with Crippen LogP contribution in [0, 0.1) is 0 Å². The fourth-order valence-corrected chi connectivity index (χ4v) is 2.42. The van der Waals surface area contributed by atoms with Gasteiger partial charge in [-0.1, -0.05) is 0 Å². The topological polar surface area (TPSA) is 49.8 Å². The van der Waals surface area contributed by atoms with Crippen LogP contribution in [0.3, 0.4) is 0 Å². The molecule has 0 radical (unpaired) electrons. The van der Waals surface area contributed by atoms with Crippen LogP contribution >= 0.6 is 0 Å². The van der Waals surface area contributed by atoms with E-state index in [0.29, 0.717) is 13.0 Å². The van der Waals surface area contributed by atoms with E-state index in [1.807, 2.05) is 6.07 Å². The highest BCUT2D eigenvalue weighted by molar-refractivity contribution is 5.66. The number of hydrogen-bond donors (Lipinski definition) is 1. The third kappa shape index (κ3) is 3.88. The standard InChI is InChI=1S/C15H21NO3/c1-16-9-3-2-5-12-11-13(7-8-14(12)16)19-10-4-6-15(17)18/h7-8,11H,2-6,9-10H2,1H3,(H,17,18). The number of fused-ring (bicyclic) bond motifs is 1. The number of hydrogen-bond acceptors (Lipinski definition) is 3. The molecule has 0 amide bonds. The highest BCUT2D eigenvalue weighted by atomic mass is 16.5. The zero-order valence-electron chi connectivity index (χ0n) is 11.4. The molecule has 0 saturated heterocycles. The van der Waals surface area contributed by atoms with Gasteiger partial charge in [0.15, 0.2) is 0 Å². The van der Waals surface area contributed by atoms with Crippen molar-refractivity contribution in [3.8, 4) is 5.75 Å². The summed E-state index contributed by atoms with van der Waals surface area (Å²) in [5, 5.41) is 8.57. The summed E-state index contributed by atoms with van der Waals surface area (Å²) in [7, 11) is 2.12. The van der Waals surface area contributed by atoms with E-state index < -0.39 is 5.97 Å². The Morgan fingerprint density at radius 2 is 2.26 bits per heavy atom. The van der Waals surface area contributed by atoms with Gasteiger partial charge in [0.25, 0.3) is 0 Å². The molecular weight excluding hydrogens is 242 g/mol. The van der Waals surface area contributed by atoms with Gasteiger partial charge in [-0.05, 0) is 49.4 Å². The summed E-state index contributed by atoms with van der Waals surface area (Å²) >= 11 is 0. The number of rotatable bonds is 5. The quantitative estimate of drug-likeness (QED) is 0.830. The van der Waals surface area contributed by atoms with Crippen LogP contribution in [0.15, 0.2) is 18.2 Å². The molecule has 0 unspecified atom stereocenters. The SMILES string of the molecule is CN1CCCCc2cc(OCCCC(=O)O)ccc21. The van der Waals surface area contributed by atoms with Gasteiger partial charge in [0, 0.05) is 25.7 Å². The van der Waals surface area contributed by atoms with Gasteiger partial charge in [-0.2, -0.15) is 0 Å². The summed E-state index contributed by atoms with van der Waals surface area (Å²) in [4.78, 5) is 12.7. The van der Waals surface area contributed by atoms with E-state index in [-0.39, 0.29) is 6.42 Å². The van der Waals surface area contributed by atoms with Gasteiger partial charge in [-0.25, -0.2) is 0 Å². The predicted molar refractivity (Wildman–Crippen MR) is 75.0 cm³/mol. The van der Waals surface area contributed by atoms with Crippen molar-refractivity contribution in [3.63, 3.8) is 0 Å². The second kappa shape index (κ2) is 6.45. The average molecular weight is 263 g/mol. The first-order valence-corrected chi connectivity index (χ1v) is 6.85. The lowest BCUT2D eigenvalue weighted by Crippen LogP contribution is -2.17. The lowest BCUT2D eigenvalue weighted by atomic mass is 10.1. The van der Waals surface area contributed by atoms with E-state index in [1.54, 1.807) is 0 Å². The van der Waals surface area contributed by atoms with Gasteiger partial charge in [0.2, 0.25) is 0 Å². The van der Waals surface area contributed by atoms with Crippen LogP contribution in [0.5, 0.6) is 5.75 Å². The van der Waals surface area contributed by atoms with Crippen LogP contribution in [0.2, 0.25) is 0 Å².